The molecule has 2 aromatic carbocycles. The second-order valence-electron chi connectivity index (χ2n) is 3.48. The van der Waals surface area contributed by atoms with Crippen molar-refractivity contribution < 1.29 is 5.11 Å². The second-order valence-corrected chi connectivity index (χ2v) is 5.44. The fourth-order valence-electron chi connectivity index (χ4n) is 1.38. The molecule has 0 aliphatic rings. The predicted molar refractivity (Wildman–Crippen MR) is 72.9 cm³/mol. The summed E-state index contributed by atoms with van der Waals surface area (Å²) in [6.45, 7) is 0.00182. The van der Waals surface area contributed by atoms with E-state index in [1.807, 2.05) is 36.4 Å². The Morgan fingerprint density at radius 1 is 1.06 bits per heavy atom. The lowest BCUT2D eigenvalue weighted by atomic mass is 10.2. The highest BCUT2D eigenvalue weighted by Gasteiger charge is 2.04. The van der Waals surface area contributed by atoms with Gasteiger partial charge < -0.3 is 5.11 Å². The number of aliphatic hydroxyl groups excluding tert-OH is 1. The smallest absolute Gasteiger partial charge is 0.0682 e. The summed E-state index contributed by atoms with van der Waals surface area (Å²) in [5.41, 5.74) is 0.811. The number of benzene rings is 2. The van der Waals surface area contributed by atoms with Gasteiger partial charge in [0.1, 0.15) is 0 Å². The zero-order chi connectivity index (χ0) is 12.3. The summed E-state index contributed by atoms with van der Waals surface area (Å²) in [5.74, 6) is 0. The molecule has 17 heavy (non-hydrogen) atoms. The molecule has 4 heteroatoms. The van der Waals surface area contributed by atoms with Crippen LogP contribution in [0.4, 0.5) is 0 Å². The molecule has 0 saturated carbocycles. The van der Waals surface area contributed by atoms with Crippen molar-refractivity contribution in [2.24, 2.45) is 0 Å². The molecule has 2 aromatic rings. The zero-order valence-corrected chi connectivity index (χ0v) is 11.2. The fraction of sp³-hybridized carbons (Fsp3) is 0.0769. The van der Waals surface area contributed by atoms with E-state index >= 15 is 0 Å². The average molecular weight is 285 g/mol. The molecule has 0 saturated heterocycles. The fourth-order valence-corrected chi connectivity index (χ4v) is 2.84. The maximum atomic E-state index is 9.00. The molecular weight excluding hydrogens is 275 g/mol. The van der Waals surface area contributed by atoms with Crippen molar-refractivity contribution in [1.82, 2.24) is 0 Å². The van der Waals surface area contributed by atoms with Crippen LogP contribution in [0.25, 0.3) is 0 Å². The largest absolute Gasteiger partial charge is 0.392 e. The SMILES string of the molecule is OCc1ccc(Sc2cccc(Cl)c2)c(Cl)c1. The third-order valence-corrected chi connectivity index (χ3v) is 3.93. The van der Waals surface area contributed by atoms with Gasteiger partial charge in [-0.3, -0.25) is 0 Å². The molecule has 0 spiro atoms. The van der Waals surface area contributed by atoms with Crippen molar-refractivity contribution >= 4 is 35.0 Å². The van der Waals surface area contributed by atoms with Crippen molar-refractivity contribution in [3.8, 4) is 0 Å². The first-order chi connectivity index (χ1) is 8.19. The van der Waals surface area contributed by atoms with E-state index in [1.165, 1.54) is 0 Å². The molecule has 0 atom stereocenters. The van der Waals surface area contributed by atoms with Gasteiger partial charge in [-0.1, -0.05) is 47.1 Å². The van der Waals surface area contributed by atoms with Crippen molar-refractivity contribution in [2.75, 3.05) is 0 Å². The highest BCUT2D eigenvalue weighted by atomic mass is 35.5. The number of hydrogen-bond donors (Lipinski definition) is 1. The third kappa shape index (κ3) is 3.39. The maximum Gasteiger partial charge on any atom is 0.0682 e. The Hall–Kier alpha value is -0.670. The number of halogens is 2. The van der Waals surface area contributed by atoms with Crippen LogP contribution in [-0.4, -0.2) is 5.11 Å². The van der Waals surface area contributed by atoms with E-state index in [4.69, 9.17) is 28.3 Å². The molecule has 0 amide bonds. The monoisotopic (exact) mass is 284 g/mol. The van der Waals surface area contributed by atoms with E-state index < -0.39 is 0 Å². The van der Waals surface area contributed by atoms with Gasteiger partial charge in [0, 0.05) is 14.8 Å². The average Bonchev–Trinajstić information content (AvgIpc) is 2.32. The van der Waals surface area contributed by atoms with Gasteiger partial charge in [0.25, 0.3) is 0 Å². The minimum absolute atomic E-state index is 0.00182. The van der Waals surface area contributed by atoms with Crippen molar-refractivity contribution in [2.45, 2.75) is 16.4 Å². The summed E-state index contributed by atoms with van der Waals surface area (Å²) >= 11 is 13.6. The van der Waals surface area contributed by atoms with Gasteiger partial charge in [0.05, 0.1) is 11.6 Å². The Labute approximate surface area is 114 Å². The molecule has 0 bridgehead atoms. The molecule has 1 N–H and O–H groups in total. The first-order valence-corrected chi connectivity index (χ1v) is 6.59. The summed E-state index contributed by atoms with van der Waals surface area (Å²) in [6.07, 6.45) is 0. The summed E-state index contributed by atoms with van der Waals surface area (Å²) in [7, 11) is 0. The van der Waals surface area contributed by atoms with E-state index in [9.17, 15) is 0 Å². The molecule has 88 valence electrons. The molecule has 0 aromatic heterocycles. The maximum absolute atomic E-state index is 9.00. The van der Waals surface area contributed by atoms with Crippen LogP contribution in [0.2, 0.25) is 10.0 Å². The van der Waals surface area contributed by atoms with Gasteiger partial charge in [-0.25, -0.2) is 0 Å². The van der Waals surface area contributed by atoms with Gasteiger partial charge in [-0.05, 0) is 35.9 Å². The molecule has 0 aliphatic carbocycles. The van der Waals surface area contributed by atoms with Gasteiger partial charge >= 0.3 is 0 Å². The zero-order valence-electron chi connectivity index (χ0n) is 8.86. The third-order valence-electron chi connectivity index (χ3n) is 2.20. The molecule has 0 aliphatic heterocycles. The van der Waals surface area contributed by atoms with Gasteiger partial charge in [0.15, 0.2) is 0 Å². The highest BCUT2D eigenvalue weighted by molar-refractivity contribution is 7.99. The van der Waals surface area contributed by atoms with Crippen LogP contribution in [0.15, 0.2) is 52.3 Å². The Morgan fingerprint density at radius 2 is 1.88 bits per heavy atom. The molecule has 0 heterocycles. The summed E-state index contributed by atoms with van der Waals surface area (Å²) in [5, 5.41) is 10.3. The highest BCUT2D eigenvalue weighted by Crippen LogP contribution is 2.34. The number of aliphatic hydroxyl groups is 1. The lowest BCUT2D eigenvalue weighted by Gasteiger charge is -2.06. The normalized spacial score (nSPS) is 10.5. The van der Waals surface area contributed by atoms with E-state index in [-0.39, 0.29) is 6.61 Å². The minimum atomic E-state index is 0.00182. The van der Waals surface area contributed by atoms with Crippen molar-refractivity contribution in [3.05, 3.63) is 58.1 Å². The van der Waals surface area contributed by atoms with Crippen LogP contribution >= 0.6 is 35.0 Å². The van der Waals surface area contributed by atoms with Crippen LogP contribution in [0.1, 0.15) is 5.56 Å². The molecular formula is C13H10Cl2OS. The molecule has 0 fully saturated rings. The van der Waals surface area contributed by atoms with Crippen LogP contribution in [0.3, 0.4) is 0 Å². The van der Waals surface area contributed by atoms with Crippen LogP contribution in [-0.2, 0) is 6.61 Å². The van der Waals surface area contributed by atoms with Crippen molar-refractivity contribution in [1.29, 1.82) is 0 Å². The van der Waals surface area contributed by atoms with Gasteiger partial charge in [0.2, 0.25) is 0 Å². The van der Waals surface area contributed by atoms with Crippen molar-refractivity contribution in [3.63, 3.8) is 0 Å². The first-order valence-electron chi connectivity index (χ1n) is 5.02. The number of rotatable bonds is 3. The Balaban J connectivity index is 2.24. The Kier molecular flexibility index (Phi) is 4.35. The first kappa shape index (κ1) is 12.8. The molecule has 1 nitrogen and oxygen atoms in total. The van der Waals surface area contributed by atoms with Gasteiger partial charge in [-0.15, -0.1) is 0 Å². The number of hydrogen-bond acceptors (Lipinski definition) is 2. The lowest BCUT2D eigenvalue weighted by Crippen LogP contribution is -1.83. The lowest BCUT2D eigenvalue weighted by molar-refractivity contribution is 0.282. The minimum Gasteiger partial charge on any atom is -0.392 e. The van der Waals surface area contributed by atoms with E-state index in [2.05, 4.69) is 0 Å². The summed E-state index contributed by atoms with van der Waals surface area (Å²) in [6, 6.07) is 13.1. The molecule has 0 radical (unpaired) electrons. The summed E-state index contributed by atoms with van der Waals surface area (Å²) in [4.78, 5) is 1.99. The Morgan fingerprint density at radius 3 is 2.53 bits per heavy atom. The van der Waals surface area contributed by atoms with E-state index in [0.717, 1.165) is 15.4 Å². The quantitative estimate of drug-likeness (QED) is 0.886. The topological polar surface area (TPSA) is 20.2 Å². The predicted octanol–water partition coefficient (Wildman–Crippen LogP) is 4.64. The van der Waals surface area contributed by atoms with E-state index in [0.29, 0.717) is 10.0 Å². The van der Waals surface area contributed by atoms with Gasteiger partial charge in [-0.2, -0.15) is 0 Å². The van der Waals surface area contributed by atoms with Crippen LogP contribution in [0, 0.1) is 0 Å². The standard InChI is InChI=1S/C13H10Cl2OS/c14-10-2-1-3-11(7-10)17-13-5-4-9(8-16)6-12(13)15/h1-7,16H,8H2. The Bertz CT molecular complexity index is 529. The van der Waals surface area contributed by atoms with Crippen LogP contribution < -0.4 is 0 Å². The second kappa shape index (κ2) is 5.78. The molecule has 2 rings (SSSR count). The summed E-state index contributed by atoms with van der Waals surface area (Å²) < 4.78 is 0. The van der Waals surface area contributed by atoms with Crippen LogP contribution in [0.5, 0.6) is 0 Å². The van der Waals surface area contributed by atoms with E-state index in [1.54, 1.807) is 17.8 Å². The molecule has 0 unspecified atom stereocenters.